The Morgan fingerprint density at radius 1 is 1.26 bits per heavy atom. The second-order valence-corrected chi connectivity index (χ2v) is 3.81. The Kier molecular flexibility index (Phi) is 5.35. The predicted octanol–water partition coefficient (Wildman–Crippen LogP) is 3.32. The molecule has 0 heterocycles. The van der Waals surface area contributed by atoms with Gasteiger partial charge in [0.1, 0.15) is 12.4 Å². The van der Waals surface area contributed by atoms with E-state index in [0.29, 0.717) is 6.61 Å². The Balaban J connectivity index is 2.93. The van der Waals surface area contributed by atoms with Crippen molar-refractivity contribution in [3.05, 3.63) is 29.3 Å². The molecular formula is C13H15F3O3. The molecule has 0 aliphatic rings. The zero-order valence-electron chi connectivity index (χ0n) is 10.7. The van der Waals surface area contributed by atoms with Gasteiger partial charge in [0.15, 0.2) is 5.78 Å². The smallest absolute Gasteiger partial charge is 0.419 e. The third-order valence-corrected chi connectivity index (χ3v) is 2.38. The summed E-state index contributed by atoms with van der Waals surface area (Å²) in [5, 5.41) is 0. The summed E-state index contributed by atoms with van der Waals surface area (Å²) in [7, 11) is 0. The van der Waals surface area contributed by atoms with E-state index in [1.807, 2.05) is 0 Å². The highest BCUT2D eigenvalue weighted by molar-refractivity contribution is 5.94. The average Bonchev–Trinajstić information content (AvgIpc) is 2.33. The number of hydrogen-bond donors (Lipinski definition) is 0. The molecule has 3 nitrogen and oxygen atoms in total. The van der Waals surface area contributed by atoms with Crippen molar-refractivity contribution in [2.24, 2.45) is 0 Å². The van der Waals surface area contributed by atoms with Gasteiger partial charge in [0, 0.05) is 12.2 Å². The van der Waals surface area contributed by atoms with Gasteiger partial charge in [-0.15, -0.1) is 0 Å². The molecule has 1 aromatic carbocycles. The second-order valence-electron chi connectivity index (χ2n) is 3.81. The molecule has 0 saturated heterocycles. The van der Waals surface area contributed by atoms with Crippen molar-refractivity contribution >= 4 is 5.78 Å². The van der Waals surface area contributed by atoms with Gasteiger partial charge in [0.25, 0.3) is 0 Å². The minimum absolute atomic E-state index is 0.00415. The summed E-state index contributed by atoms with van der Waals surface area (Å²) in [6.45, 7) is 3.70. The Labute approximate surface area is 109 Å². The topological polar surface area (TPSA) is 35.5 Å². The number of carbonyl (C=O) groups excluding carboxylic acids is 1. The molecule has 0 unspecified atom stereocenters. The molecule has 0 saturated carbocycles. The summed E-state index contributed by atoms with van der Waals surface area (Å²) in [6, 6.07) is 3.28. The highest BCUT2D eigenvalue weighted by atomic mass is 19.4. The minimum atomic E-state index is -4.56. The van der Waals surface area contributed by atoms with Crippen LogP contribution in [0.5, 0.6) is 5.75 Å². The number of benzene rings is 1. The summed E-state index contributed by atoms with van der Waals surface area (Å²) in [4.78, 5) is 11.1. The van der Waals surface area contributed by atoms with Gasteiger partial charge in [-0.1, -0.05) is 0 Å². The molecule has 0 bridgehead atoms. The first-order valence-electron chi connectivity index (χ1n) is 5.79. The van der Waals surface area contributed by atoms with Crippen molar-refractivity contribution in [2.45, 2.75) is 20.0 Å². The Morgan fingerprint density at radius 2 is 1.95 bits per heavy atom. The molecule has 0 spiro atoms. The average molecular weight is 276 g/mol. The van der Waals surface area contributed by atoms with Crippen LogP contribution in [0.3, 0.4) is 0 Å². The van der Waals surface area contributed by atoms with Crippen LogP contribution < -0.4 is 4.74 Å². The Bertz CT molecular complexity index is 441. The first-order valence-corrected chi connectivity index (χ1v) is 5.79. The molecule has 19 heavy (non-hydrogen) atoms. The van der Waals surface area contributed by atoms with E-state index in [-0.39, 0.29) is 24.5 Å². The van der Waals surface area contributed by atoms with Crippen LogP contribution in [0.1, 0.15) is 29.8 Å². The number of alkyl halides is 3. The quantitative estimate of drug-likeness (QED) is 0.590. The molecule has 0 atom stereocenters. The third kappa shape index (κ3) is 4.55. The van der Waals surface area contributed by atoms with E-state index in [0.717, 1.165) is 12.1 Å². The van der Waals surface area contributed by atoms with Crippen LogP contribution in [-0.4, -0.2) is 25.6 Å². The van der Waals surface area contributed by atoms with Gasteiger partial charge in [-0.2, -0.15) is 13.2 Å². The third-order valence-electron chi connectivity index (χ3n) is 2.38. The largest absolute Gasteiger partial charge is 0.491 e. The SMILES string of the molecule is CCOCCOc1ccc(C(C)=O)cc1C(F)(F)F. The summed E-state index contributed by atoms with van der Waals surface area (Å²) in [6.07, 6.45) is -4.56. The van der Waals surface area contributed by atoms with Crippen LogP contribution >= 0.6 is 0 Å². The second kappa shape index (κ2) is 6.56. The lowest BCUT2D eigenvalue weighted by Gasteiger charge is -2.14. The maximum absolute atomic E-state index is 12.8. The van der Waals surface area contributed by atoms with Gasteiger partial charge in [-0.25, -0.2) is 0 Å². The van der Waals surface area contributed by atoms with Gasteiger partial charge >= 0.3 is 6.18 Å². The maximum atomic E-state index is 12.8. The van der Waals surface area contributed by atoms with Gasteiger partial charge in [0.2, 0.25) is 0 Å². The van der Waals surface area contributed by atoms with Crippen LogP contribution in [0, 0.1) is 0 Å². The molecule has 1 aromatic rings. The van der Waals surface area contributed by atoms with Crippen molar-refractivity contribution in [3.8, 4) is 5.75 Å². The number of ketones is 1. The van der Waals surface area contributed by atoms with Crippen molar-refractivity contribution in [2.75, 3.05) is 19.8 Å². The normalized spacial score (nSPS) is 11.4. The predicted molar refractivity (Wildman–Crippen MR) is 63.4 cm³/mol. The van der Waals surface area contributed by atoms with Crippen LogP contribution in [0.4, 0.5) is 13.2 Å². The van der Waals surface area contributed by atoms with Gasteiger partial charge in [-0.3, -0.25) is 4.79 Å². The molecule has 0 amide bonds. The zero-order chi connectivity index (χ0) is 14.5. The minimum Gasteiger partial charge on any atom is -0.491 e. The number of ether oxygens (including phenoxy) is 2. The molecule has 0 aliphatic carbocycles. The van der Waals surface area contributed by atoms with E-state index in [9.17, 15) is 18.0 Å². The van der Waals surface area contributed by atoms with E-state index in [2.05, 4.69) is 0 Å². The molecule has 6 heteroatoms. The molecule has 106 valence electrons. The molecule has 0 radical (unpaired) electrons. The molecule has 0 fully saturated rings. The number of rotatable bonds is 6. The highest BCUT2D eigenvalue weighted by Crippen LogP contribution is 2.36. The number of halogens is 3. The lowest BCUT2D eigenvalue weighted by molar-refractivity contribution is -0.139. The van der Waals surface area contributed by atoms with Crippen molar-refractivity contribution in [1.29, 1.82) is 0 Å². The van der Waals surface area contributed by atoms with Gasteiger partial charge in [-0.05, 0) is 32.0 Å². The monoisotopic (exact) mass is 276 g/mol. The number of Topliss-reactive ketones (excluding diaryl/α,β-unsaturated/α-hetero) is 1. The van der Waals surface area contributed by atoms with Crippen LogP contribution in [0.25, 0.3) is 0 Å². The first kappa shape index (κ1) is 15.5. The van der Waals surface area contributed by atoms with Crippen LogP contribution in [0.2, 0.25) is 0 Å². The lowest BCUT2D eigenvalue weighted by Crippen LogP contribution is -2.13. The van der Waals surface area contributed by atoms with E-state index < -0.39 is 17.5 Å². The van der Waals surface area contributed by atoms with Gasteiger partial charge in [0.05, 0.1) is 12.2 Å². The Morgan fingerprint density at radius 3 is 2.47 bits per heavy atom. The van der Waals surface area contributed by atoms with E-state index in [1.54, 1.807) is 6.92 Å². The summed E-state index contributed by atoms with van der Waals surface area (Å²) in [5.74, 6) is -0.719. The maximum Gasteiger partial charge on any atom is 0.419 e. The fraction of sp³-hybridized carbons (Fsp3) is 0.462. The first-order chi connectivity index (χ1) is 8.86. The number of hydrogen-bond acceptors (Lipinski definition) is 3. The fourth-order valence-corrected chi connectivity index (χ4v) is 1.45. The van der Waals surface area contributed by atoms with E-state index in [4.69, 9.17) is 9.47 Å². The fourth-order valence-electron chi connectivity index (χ4n) is 1.45. The molecule has 0 N–H and O–H groups in total. The Hall–Kier alpha value is -1.56. The molecule has 1 rings (SSSR count). The van der Waals surface area contributed by atoms with Crippen LogP contribution in [0.15, 0.2) is 18.2 Å². The van der Waals surface area contributed by atoms with E-state index >= 15 is 0 Å². The van der Waals surface area contributed by atoms with E-state index in [1.165, 1.54) is 13.0 Å². The van der Waals surface area contributed by atoms with Crippen molar-refractivity contribution in [3.63, 3.8) is 0 Å². The lowest BCUT2D eigenvalue weighted by atomic mass is 10.1. The zero-order valence-corrected chi connectivity index (χ0v) is 10.7. The standard InChI is InChI=1S/C13H15F3O3/c1-3-18-6-7-19-12-5-4-10(9(2)17)8-11(12)13(14,15)16/h4-5,8H,3,6-7H2,1-2H3. The molecule has 0 aliphatic heterocycles. The summed E-state index contributed by atoms with van der Waals surface area (Å²) < 4.78 is 48.6. The summed E-state index contributed by atoms with van der Waals surface area (Å²) in [5.41, 5.74) is -0.943. The molecule has 0 aromatic heterocycles. The summed E-state index contributed by atoms with van der Waals surface area (Å²) >= 11 is 0. The van der Waals surface area contributed by atoms with Gasteiger partial charge < -0.3 is 9.47 Å². The van der Waals surface area contributed by atoms with Crippen molar-refractivity contribution < 1.29 is 27.4 Å². The molecular weight excluding hydrogens is 261 g/mol. The van der Waals surface area contributed by atoms with Crippen molar-refractivity contribution in [1.82, 2.24) is 0 Å². The number of carbonyl (C=O) groups is 1. The van der Waals surface area contributed by atoms with Crippen LogP contribution in [-0.2, 0) is 10.9 Å². The highest BCUT2D eigenvalue weighted by Gasteiger charge is 2.35.